The van der Waals surface area contributed by atoms with Crippen LogP contribution in [0.2, 0.25) is 0 Å². The molecule has 1 aliphatic carbocycles. The van der Waals surface area contributed by atoms with E-state index >= 15 is 0 Å². The van der Waals surface area contributed by atoms with E-state index < -0.39 is 0 Å². The monoisotopic (exact) mass is 235 g/mol. The van der Waals surface area contributed by atoms with E-state index in [1.807, 2.05) is 0 Å². The van der Waals surface area contributed by atoms with Crippen molar-refractivity contribution in [3.8, 4) is 0 Å². The molecule has 2 rings (SSSR count). The molecule has 0 unspecified atom stereocenters. The molecule has 0 amide bonds. The number of hydrogen-bond donors (Lipinski definition) is 2. The van der Waals surface area contributed by atoms with Crippen LogP contribution in [0, 0.1) is 11.8 Å². The van der Waals surface area contributed by atoms with Gasteiger partial charge in [-0.1, -0.05) is 46.0 Å². The van der Waals surface area contributed by atoms with E-state index in [0.717, 1.165) is 18.8 Å². The van der Waals surface area contributed by atoms with Crippen LogP contribution in [0.5, 0.6) is 0 Å². The van der Waals surface area contributed by atoms with Gasteiger partial charge in [-0.2, -0.15) is 5.10 Å². The van der Waals surface area contributed by atoms with Gasteiger partial charge in [0, 0.05) is 11.3 Å². The van der Waals surface area contributed by atoms with Crippen molar-refractivity contribution in [3.05, 3.63) is 11.3 Å². The summed E-state index contributed by atoms with van der Waals surface area (Å²) in [5.41, 5.74) is 8.52. The van der Waals surface area contributed by atoms with E-state index in [2.05, 4.69) is 24.0 Å². The Balaban J connectivity index is 2.04. The Kier molecular flexibility index (Phi) is 4.08. The first-order chi connectivity index (χ1) is 8.16. The first-order valence-corrected chi connectivity index (χ1v) is 6.98. The molecule has 96 valence electrons. The summed E-state index contributed by atoms with van der Waals surface area (Å²) in [5, 5.41) is 7.34. The molecule has 0 aromatic carbocycles. The maximum Gasteiger partial charge on any atom is 0.148 e. The van der Waals surface area contributed by atoms with E-state index in [1.165, 1.54) is 43.4 Å². The number of nitrogens with one attached hydrogen (secondary N) is 1. The van der Waals surface area contributed by atoms with E-state index in [-0.39, 0.29) is 0 Å². The van der Waals surface area contributed by atoms with Crippen LogP contribution < -0.4 is 5.73 Å². The van der Waals surface area contributed by atoms with Crippen molar-refractivity contribution in [1.82, 2.24) is 10.2 Å². The minimum Gasteiger partial charge on any atom is -0.382 e. The number of anilines is 1. The van der Waals surface area contributed by atoms with Crippen molar-refractivity contribution < 1.29 is 0 Å². The molecule has 0 spiro atoms. The Labute approximate surface area is 104 Å². The highest BCUT2D eigenvalue weighted by molar-refractivity contribution is 5.42. The Bertz CT molecular complexity index is 348. The van der Waals surface area contributed by atoms with Crippen LogP contribution in [0.3, 0.4) is 0 Å². The van der Waals surface area contributed by atoms with Gasteiger partial charge in [-0.05, 0) is 24.7 Å². The Hall–Kier alpha value is -0.990. The predicted octanol–water partition coefficient (Wildman–Crippen LogP) is 3.31. The van der Waals surface area contributed by atoms with Crippen molar-refractivity contribution in [3.63, 3.8) is 0 Å². The van der Waals surface area contributed by atoms with Gasteiger partial charge in [0.15, 0.2) is 0 Å². The van der Waals surface area contributed by atoms with Gasteiger partial charge in [0.1, 0.15) is 5.82 Å². The normalized spacial score (nSPS) is 17.8. The maximum atomic E-state index is 5.95. The van der Waals surface area contributed by atoms with Gasteiger partial charge in [-0.3, -0.25) is 5.10 Å². The summed E-state index contributed by atoms with van der Waals surface area (Å²) in [6, 6.07) is 0. The van der Waals surface area contributed by atoms with Crippen LogP contribution in [-0.4, -0.2) is 10.2 Å². The third-order valence-electron chi connectivity index (χ3n) is 3.81. The van der Waals surface area contributed by atoms with Crippen molar-refractivity contribution in [2.24, 2.45) is 11.8 Å². The van der Waals surface area contributed by atoms with Crippen LogP contribution in [0.1, 0.15) is 57.2 Å². The third-order valence-corrected chi connectivity index (χ3v) is 3.81. The lowest BCUT2D eigenvalue weighted by molar-refractivity contribution is 0.353. The topological polar surface area (TPSA) is 54.7 Å². The van der Waals surface area contributed by atoms with Crippen LogP contribution >= 0.6 is 0 Å². The van der Waals surface area contributed by atoms with Gasteiger partial charge in [-0.25, -0.2) is 0 Å². The zero-order chi connectivity index (χ0) is 12.3. The molecule has 1 fully saturated rings. The second kappa shape index (κ2) is 5.56. The summed E-state index contributed by atoms with van der Waals surface area (Å²) in [7, 11) is 0. The summed E-state index contributed by atoms with van der Waals surface area (Å²) in [4.78, 5) is 0. The zero-order valence-corrected chi connectivity index (χ0v) is 11.1. The number of hydrogen-bond acceptors (Lipinski definition) is 2. The molecule has 3 N–H and O–H groups in total. The molecule has 0 radical (unpaired) electrons. The highest BCUT2D eigenvalue weighted by atomic mass is 15.2. The fourth-order valence-corrected chi connectivity index (χ4v) is 2.90. The standard InChI is InChI=1S/C14H25N3/c1-10(2)8-12-13(16-17-14(12)15)9-11-6-4-3-5-7-11/h10-11H,3-9H2,1-2H3,(H3,15,16,17). The zero-order valence-electron chi connectivity index (χ0n) is 11.1. The molecule has 3 nitrogen and oxygen atoms in total. The Morgan fingerprint density at radius 2 is 2.00 bits per heavy atom. The molecule has 3 heteroatoms. The minimum atomic E-state index is 0.639. The van der Waals surface area contributed by atoms with Gasteiger partial charge in [0.25, 0.3) is 0 Å². The van der Waals surface area contributed by atoms with Gasteiger partial charge >= 0.3 is 0 Å². The summed E-state index contributed by atoms with van der Waals surface area (Å²) in [6.07, 6.45) is 9.15. The van der Waals surface area contributed by atoms with E-state index in [9.17, 15) is 0 Å². The highest BCUT2D eigenvalue weighted by Gasteiger charge is 2.18. The minimum absolute atomic E-state index is 0.639. The summed E-state index contributed by atoms with van der Waals surface area (Å²) < 4.78 is 0. The number of nitrogens with two attached hydrogens (primary N) is 1. The largest absolute Gasteiger partial charge is 0.382 e. The van der Waals surface area contributed by atoms with Crippen molar-refractivity contribution in [2.75, 3.05) is 5.73 Å². The number of rotatable bonds is 4. The summed E-state index contributed by atoms with van der Waals surface area (Å²) in [6.45, 7) is 4.47. The fraction of sp³-hybridized carbons (Fsp3) is 0.786. The molecule has 1 saturated carbocycles. The van der Waals surface area contributed by atoms with Crippen LogP contribution in [0.4, 0.5) is 5.82 Å². The Morgan fingerprint density at radius 1 is 1.29 bits per heavy atom. The smallest absolute Gasteiger partial charge is 0.148 e. The van der Waals surface area contributed by atoms with E-state index in [1.54, 1.807) is 0 Å². The van der Waals surface area contributed by atoms with Crippen molar-refractivity contribution >= 4 is 5.82 Å². The third kappa shape index (κ3) is 3.24. The van der Waals surface area contributed by atoms with Gasteiger partial charge in [0.05, 0.1) is 0 Å². The molecule has 0 atom stereocenters. The number of nitrogen functional groups attached to an aromatic ring is 1. The number of H-pyrrole nitrogens is 1. The number of aromatic nitrogens is 2. The molecule has 1 heterocycles. The average molecular weight is 235 g/mol. The molecule has 0 bridgehead atoms. The van der Waals surface area contributed by atoms with Gasteiger partial charge in [-0.15, -0.1) is 0 Å². The molecular formula is C14H25N3. The summed E-state index contributed by atoms with van der Waals surface area (Å²) >= 11 is 0. The molecule has 1 aromatic heterocycles. The number of nitrogens with zero attached hydrogens (tertiary/aromatic N) is 1. The SMILES string of the molecule is CC(C)Cc1c(N)n[nH]c1CC1CCCCC1. The van der Waals surface area contributed by atoms with E-state index in [4.69, 9.17) is 5.73 Å². The first-order valence-electron chi connectivity index (χ1n) is 6.98. The molecule has 1 aliphatic rings. The van der Waals surface area contributed by atoms with Crippen LogP contribution in [0.25, 0.3) is 0 Å². The van der Waals surface area contributed by atoms with Crippen molar-refractivity contribution in [1.29, 1.82) is 0 Å². The number of aromatic amines is 1. The molecule has 1 aromatic rings. The molecule has 0 saturated heterocycles. The molecule has 0 aliphatic heterocycles. The quantitative estimate of drug-likeness (QED) is 0.841. The van der Waals surface area contributed by atoms with Crippen molar-refractivity contribution in [2.45, 2.75) is 58.8 Å². The second-order valence-electron chi connectivity index (χ2n) is 5.87. The lowest BCUT2D eigenvalue weighted by Crippen LogP contribution is -2.11. The lowest BCUT2D eigenvalue weighted by Gasteiger charge is -2.21. The van der Waals surface area contributed by atoms with E-state index in [0.29, 0.717) is 11.7 Å². The Morgan fingerprint density at radius 3 is 2.65 bits per heavy atom. The molecule has 17 heavy (non-hydrogen) atoms. The fourth-order valence-electron chi connectivity index (χ4n) is 2.90. The predicted molar refractivity (Wildman–Crippen MR) is 71.8 cm³/mol. The maximum absolute atomic E-state index is 5.95. The second-order valence-corrected chi connectivity index (χ2v) is 5.87. The van der Waals surface area contributed by atoms with Gasteiger partial charge in [0.2, 0.25) is 0 Å². The van der Waals surface area contributed by atoms with Crippen LogP contribution in [0.15, 0.2) is 0 Å². The highest BCUT2D eigenvalue weighted by Crippen LogP contribution is 2.29. The van der Waals surface area contributed by atoms with Crippen LogP contribution in [-0.2, 0) is 12.8 Å². The average Bonchev–Trinajstić information content (AvgIpc) is 2.62. The lowest BCUT2D eigenvalue weighted by atomic mass is 9.85. The summed E-state index contributed by atoms with van der Waals surface area (Å²) in [5.74, 6) is 2.19. The molecular weight excluding hydrogens is 210 g/mol. The van der Waals surface area contributed by atoms with Gasteiger partial charge < -0.3 is 5.73 Å². The first kappa shape index (κ1) is 12.5.